The fourth-order valence-electron chi connectivity index (χ4n) is 3.36. The van der Waals surface area contributed by atoms with E-state index in [1.807, 2.05) is 24.8 Å². The molecule has 4 nitrogen and oxygen atoms in total. The molecule has 1 saturated carbocycles. The van der Waals surface area contributed by atoms with Gasteiger partial charge in [-0.3, -0.25) is 4.98 Å². The third-order valence-corrected chi connectivity index (χ3v) is 4.56. The minimum absolute atomic E-state index is 0.106. The Hall–Kier alpha value is -1.68. The second-order valence-electron chi connectivity index (χ2n) is 5.95. The van der Waals surface area contributed by atoms with E-state index in [0.717, 1.165) is 30.7 Å². The third-order valence-electron chi connectivity index (χ3n) is 4.56. The van der Waals surface area contributed by atoms with E-state index in [-0.39, 0.29) is 5.92 Å². The molecule has 2 aliphatic rings. The number of aliphatic hydroxyl groups is 1. The molecule has 0 amide bonds. The first kappa shape index (κ1) is 12.1. The summed E-state index contributed by atoms with van der Waals surface area (Å²) in [4.78, 5) is 8.77. The number of pyridine rings is 1. The number of aryl methyl sites for hydroxylation is 1. The van der Waals surface area contributed by atoms with E-state index in [2.05, 4.69) is 20.6 Å². The lowest BCUT2D eigenvalue weighted by Gasteiger charge is -2.28. The van der Waals surface area contributed by atoms with Crippen molar-refractivity contribution < 1.29 is 5.11 Å². The molecule has 0 saturated heterocycles. The van der Waals surface area contributed by atoms with Crippen molar-refractivity contribution >= 4 is 0 Å². The molecule has 0 bridgehead atoms. The molecule has 104 valence electrons. The van der Waals surface area contributed by atoms with Crippen molar-refractivity contribution in [3.05, 3.63) is 47.8 Å². The molecule has 2 unspecified atom stereocenters. The molecule has 2 aromatic rings. The summed E-state index contributed by atoms with van der Waals surface area (Å²) in [6, 6.07) is 4.68. The lowest BCUT2D eigenvalue weighted by molar-refractivity contribution is 0.125. The van der Waals surface area contributed by atoms with Gasteiger partial charge in [0.2, 0.25) is 0 Å². The molecule has 2 atom stereocenters. The molecular formula is C16H19N3O. The van der Waals surface area contributed by atoms with Crippen LogP contribution in [-0.2, 0) is 6.42 Å². The predicted octanol–water partition coefficient (Wildman–Crippen LogP) is 2.77. The van der Waals surface area contributed by atoms with Gasteiger partial charge in [-0.25, -0.2) is 4.98 Å². The maximum Gasteiger partial charge on any atom is 0.104 e. The minimum atomic E-state index is -0.493. The van der Waals surface area contributed by atoms with E-state index in [9.17, 15) is 5.11 Å². The zero-order chi connectivity index (χ0) is 13.5. The van der Waals surface area contributed by atoms with Crippen LogP contribution < -0.4 is 0 Å². The van der Waals surface area contributed by atoms with Crippen LogP contribution >= 0.6 is 0 Å². The van der Waals surface area contributed by atoms with Gasteiger partial charge in [0.15, 0.2) is 0 Å². The Morgan fingerprint density at radius 2 is 2.20 bits per heavy atom. The summed E-state index contributed by atoms with van der Waals surface area (Å²) in [6.07, 6.45) is 10.6. The van der Waals surface area contributed by atoms with Gasteiger partial charge in [-0.1, -0.05) is 6.07 Å². The maximum atomic E-state index is 10.8. The summed E-state index contributed by atoms with van der Waals surface area (Å²) in [5, 5.41) is 10.8. The van der Waals surface area contributed by atoms with Gasteiger partial charge in [0.25, 0.3) is 0 Å². The molecular weight excluding hydrogens is 250 g/mol. The fraction of sp³-hybridized carbons (Fsp3) is 0.500. The number of hydrogen-bond acceptors (Lipinski definition) is 3. The van der Waals surface area contributed by atoms with Crippen LogP contribution in [-0.4, -0.2) is 19.6 Å². The zero-order valence-corrected chi connectivity index (χ0v) is 11.4. The van der Waals surface area contributed by atoms with E-state index in [1.54, 1.807) is 0 Å². The van der Waals surface area contributed by atoms with Crippen molar-refractivity contribution in [3.8, 4) is 0 Å². The number of aromatic nitrogens is 3. The number of hydrogen-bond donors (Lipinski definition) is 1. The van der Waals surface area contributed by atoms with Crippen molar-refractivity contribution in [1.82, 2.24) is 14.5 Å². The first-order valence-corrected chi connectivity index (χ1v) is 7.48. The number of imidazole rings is 1. The number of aliphatic hydroxyl groups excluding tert-OH is 1. The number of nitrogens with zero attached hydrogens (tertiary/aromatic N) is 3. The van der Waals surface area contributed by atoms with Crippen LogP contribution in [0.2, 0.25) is 0 Å². The summed E-state index contributed by atoms with van der Waals surface area (Å²) in [7, 11) is 0. The molecule has 4 heteroatoms. The summed E-state index contributed by atoms with van der Waals surface area (Å²) in [5.41, 5.74) is 3.33. The summed E-state index contributed by atoms with van der Waals surface area (Å²) in [6.45, 7) is 0. The standard InChI is InChI=1S/C16H19N3O/c20-16(14-9-17-10-19(14)12-6-7-12)13-5-1-3-11-4-2-8-18-15(11)13/h2,4,8-10,12-13,16,20H,1,3,5-7H2. The van der Waals surface area contributed by atoms with Crippen LogP contribution in [0.25, 0.3) is 0 Å². The third kappa shape index (κ3) is 1.95. The summed E-state index contributed by atoms with van der Waals surface area (Å²) >= 11 is 0. The van der Waals surface area contributed by atoms with Gasteiger partial charge in [0, 0.05) is 23.9 Å². The van der Waals surface area contributed by atoms with Gasteiger partial charge >= 0.3 is 0 Å². The van der Waals surface area contributed by atoms with Gasteiger partial charge in [-0.2, -0.15) is 0 Å². The van der Waals surface area contributed by atoms with Gasteiger partial charge in [-0.15, -0.1) is 0 Å². The second kappa shape index (κ2) is 4.70. The van der Waals surface area contributed by atoms with Crippen LogP contribution in [0.3, 0.4) is 0 Å². The summed E-state index contributed by atoms with van der Waals surface area (Å²) in [5.74, 6) is 0.106. The van der Waals surface area contributed by atoms with E-state index >= 15 is 0 Å². The molecule has 2 heterocycles. The smallest absolute Gasteiger partial charge is 0.104 e. The van der Waals surface area contributed by atoms with Crippen molar-refractivity contribution in [2.75, 3.05) is 0 Å². The minimum Gasteiger partial charge on any atom is -0.386 e. The van der Waals surface area contributed by atoms with Gasteiger partial charge in [-0.05, 0) is 43.7 Å². The van der Waals surface area contributed by atoms with Crippen molar-refractivity contribution in [1.29, 1.82) is 0 Å². The first-order valence-electron chi connectivity index (χ1n) is 7.48. The van der Waals surface area contributed by atoms with Gasteiger partial charge < -0.3 is 9.67 Å². The molecule has 2 aliphatic carbocycles. The van der Waals surface area contributed by atoms with E-state index in [4.69, 9.17) is 0 Å². The number of fused-ring (bicyclic) bond motifs is 1. The van der Waals surface area contributed by atoms with Crippen LogP contribution in [0.1, 0.15) is 60.7 Å². The highest BCUT2D eigenvalue weighted by Crippen LogP contribution is 2.42. The Morgan fingerprint density at radius 1 is 1.30 bits per heavy atom. The second-order valence-corrected chi connectivity index (χ2v) is 5.95. The first-order chi connectivity index (χ1) is 9.84. The average Bonchev–Trinajstić information content (AvgIpc) is 3.23. The van der Waals surface area contributed by atoms with E-state index in [0.29, 0.717) is 6.04 Å². The monoisotopic (exact) mass is 269 g/mol. The van der Waals surface area contributed by atoms with E-state index in [1.165, 1.54) is 18.4 Å². The Balaban J connectivity index is 1.69. The molecule has 1 N–H and O–H groups in total. The highest BCUT2D eigenvalue weighted by atomic mass is 16.3. The van der Waals surface area contributed by atoms with Crippen molar-refractivity contribution in [2.45, 2.75) is 50.2 Å². The normalized spacial score (nSPS) is 23.4. The Bertz CT molecular complexity index is 618. The molecule has 0 aromatic carbocycles. The quantitative estimate of drug-likeness (QED) is 0.932. The topological polar surface area (TPSA) is 50.9 Å². The average molecular weight is 269 g/mol. The lowest BCUT2D eigenvalue weighted by Crippen LogP contribution is -2.20. The SMILES string of the molecule is OC(c1cncn1C1CC1)C1CCCc2cccnc21. The molecule has 0 aliphatic heterocycles. The molecule has 20 heavy (non-hydrogen) atoms. The Morgan fingerprint density at radius 3 is 3.05 bits per heavy atom. The van der Waals surface area contributed by atoms with Gasteiger partial charge in [0.05, 0.1) is 18.2 Å². The van der Waals surface area contributed by atoms with Crippen molar-refractivity contribution in [2.24, 2.45) is 0 Å². The van der Waals surface area contributed by atoms with Crippen LogP contribution in [0.15, 0.2) is 30.9 Å². The molecule has 4 rings (SSSR count). The van der Waals surface area contributed by atoms with Crippen LogP contribution in [0.5, 0.6) is 0 Å². The van der Waals surface area contributed by atoms with Crippen LogP contribution in [0.4, 0.5) is 0 Å². The molecule has 2 aromatic heterocycles. The lowest BCUT2D eigenvalue weighted by atomic mass is 9.82. The Kier molecular flexibility index (Phi) is 2.84. The predicted molar refractivity (Wildman–Crippen MR) is 75.4 cm³/mol. The molecule has 0 spiro atoms. The van der Waals surface area contributed by atoms with Gasteiger partial charge in [0.1, 0.15) is 6.10 Å². The van der Waals surface area contributed by atoms with Crippen LogP contribution in [0, 0.1) is 0 Å². The zero-order valence-electron chi connectivity index (χ0n) is 11.4. The highest BCUT2D eigenvalue weighted by Gasteiger charge is 2.33. The van der Waals surface area contributed by atoms with Crippen molar-refractivity contribution in [3.63, 3.8) is 0 Å². The largest absolute Gasteiger partial charge is 0.386 e. The maximum absolute atomic E-state index is 10.8. The highest BCUT2D eigenvalue weighted by molar-refractivity contribution is 5.28. The molecule has 1 fully saturated rings. The summed E-state index contributed by atoms with van der Waals surface area (Å²) < 4.78 is 2.15. The fourth-order valence-corrected chi connectivity index (χ4v) is 3.36. The number of rotatable bonds is 3. The Labute approximate surface area is 118 Å². The van der Waals surface area contributed by atoms with E-state index < -0.39 is 6.10 Å². The molecule has 0 radical (unpaired) electrons.